The third kappa shape index (κ3) is 5.69. The molecule has 2 aromatic carbocycles. The molecular weight excluding hydrogens is 514 g/mol. The van der Waals surface area contributed by atoms with E-state index in [1.807, 2.05) is 0 Å². The molecule has 1 aliphatic heterocycles. The predicted octanol–water partition coefficient (Wildman–Crippen LogP) is 5.02. The van der Waals surface area contributed by atoms with Gasteiger partial charge in [0.05, 0.1) is 12.1 Å². The largest absolute Gasteiger partial charge is 0.416 e. The standard InChI is InChI=1S/C22H18F6N4O3S/c23-17-10-13(19-29-30-20(35-19)18(24)25)4-5-14(17)12-32(21(33)31-6-8-36(34)9-7-31)16-3-1-2-15(11-16)22(26,27)28/h1-5,10-11,18H,6-9,12H2. The summed E-state index contributed by atoms with van der Waals surface area (Å²) in [7, 11) is -1.10. The average Bonchev–Trinajstić information content (AvgIpc) is 3.34. The Kier molecular flexibility index (Phi) is 7.33. The number of rotatable bonds is 5. The predicted molar refractivity (Wildman–Crippen MR) is 117 cm³/mol. The van der Waals surface area contributed by atoms with E-state index in [-0.39, 0.29) is 47.3 Å². The number of aromatic nitrogens is 2. The molecule has 2 amide bonds. The first-order valence-electron chi connectivity index (χ1n) is 10.5. The molecule has 0 N–H and O–H groups in total. The molecule has 0 saturated carbocycles. The Balaban J connectivity index is 1.66. The van der Waals surface area contributed by atoms with Crippen LogP contribution in [0.15, 0.2) is 46.9 Å². The van der Waals surface area contributed by atoms with Crippen molar-refractivity contribution in [2.24, 2.45) is 0 Å². The Labute approximate surface area is 203 Å². The highest BCUT2D eigenvalue weighted by Crippen LogP contribution is 2.33. The van der Waals surface area contributed by atoms with E-state index in [1.165, 1.54) is 23.1 Å². The minimum absolute atomic E-state index is 0.00565. The molecule has 0 bridgehead atoms. The van der Waals surface area contributed by atoms with Crippen LogP contribution < -0.4 is 4.90 Å². The molecule has 1 fully saturated rings. The lowest BCUT2D eigenvalue weighted by atomic mass is 10.1. The van der Waals surface area contributed by atoms with Crippen LogP contribution >= 0.6 is 0 Å². The van der Waals surface area contributed by atoms with Crippen molar-refractivity contribution in [3.8, 4) is 11.5 Å². The van der Waals surface area contributed by atoms with Crippen LogP contribution in [0.2, 0.25) is 0 Å². The van der Waals surface area contributed by atoms with E-state index in [0.29, 0.717) is 0 Å². The molecule has 1 saturated heterocycles. The van der Waals surface area contributed by atoms with Crippen molar-refractivity contribution < 1.29 is 39.8 Å². The third-order valence-electron chi connectivity index (χ3n) is 5.42. The number of carbonyl (C=O) groups excluding carboxylic acids is 1. The van der Waals surface area contributed by atoms with Crippen LogP contribution in [0.3, 0.4) is 0 Å². The molecule has 0 spiro atoms. The van der Waals surface area contributed by atoms with E-state index in [2.05, 4.69) is 10.2 Å². The van der Waals surface area contributed by atoms with Gasteiger partial charge in [-0.1, -0.05) is 12.1 Å². The summed E-state index contributed by atoms with van der Waals surface area (Å²) in [4.78, 5) is 15.6. The van der Waals surface area contributed by atoms with Crippen LogP contribution in [0.25, 0.3) is 11.5 Å². The second kappa shape index (κ2) is 10.3. The lowest BCUT2D eigenvalue weighted by molar-refractivity contribution is -0.137. The third-order valence-corrected chi connectivity index (χ3v) is 6.70. The Morgan fingerprint density at radius 3 is 2.44 bits per heavy atom. The number of hydrogen-bond acceptors (Lipinski definition) is 5. The fourth-order valence-electron chi connectivity index (χ4n) is 3.54. The van der Waals surface area contributed by atoms with Crippen molar-refractivity contribution in [2.45, 2.75) is 19.1 Å². The van der Waals surface area contributed by atoms with E-state index in [4.69, 9.17) is 4.42 Å². The number of alkyl halides is 5. The lowest BCUT2D eigenvalue weighted by Crippen LogP contribution is -2.48. The van der Waals surface area contributed by atoms with Crippen LogP contribution in [0, 0.1) is 5.82 Å². The fourth-order valence-corrected chi connectivity index (χ4v) is 4.59. The van der Waals surface area contributed by atoms with Gasteiger partial charge >= 0.3 is 18.6 Å². The normalized spacial score (nSPS) is 14.9. The highest BCUT2D eigenvalue weighted by Gasteiger charge is 2.32. The number of hydrogen-bond donors (Lipinski definition) is 0. The van der Waals surface area contributed by atoms with E-state index >= 15 is 0 Å². The monoisotopic (exact) mass is 532 g/mol. The molecule has 2 heterocycles. The number of halogens is 6. The molecule has 3 aromatic rings. The molecule has 7 nitrogen and oxygen atoms in total. The summed E-state index contributed by atoms with van der Waals surface area (Å²) >= 11 is 0. The first-order chi connectivity index (χ1) is 17.0. The van der Waals surface area contributed by atoms with Crippen LogP contribution in [-0.4, -0.2) is 49.9 Å². The molecule has 0 unspecified atom stereocenters. The van der Waals surface area contributed by atoms with Gasteiger partial charge in [0, 0.05) is 52.2 Å². The van der Waals surface area contributed by atoms with E-state index < -0.39 is 53.2 Å². The maximum atomic E-state index is 15.0. The molecule has 4 rings (SSSR count). The van der Waals surface area contributed by atoms with Gasteiger partial charge in [-0.25, -0.2) is 9.18 Å². The van der Waals surface area contributed by atoms with Crippen molar-refractivity contribution in [3.05, 3.63) is 65.3 Å². The second-order valence-corrected chi connectivity index (χ2v) is 9.50. The number of urea groups is 1. The summed E-state index contributed by atoms with van der Waals surface area (Å²) in [5.41, 5.74) is -1.15. The van der Waals surface area contributed by atoms with Crippen LogP contribution in [0.4, 0.5) is 36.8 Å². The molecule has 1 aromatic heterocycles. The summed E-state index contributed by atoms with van der Waals surface area (Å²) in [6, 6.07) is 6.89. The van der Waals surface area contributed by atoms with Crippen molar-refractivity contribution in [1.82, 2.24) is 15.1 Å². The number of amides is 2. The molecule has 14 heteroatoms. The zero-order chi connectivity index (χ0) is 26.0. The van der Waals surface area contributed by atoms with Crippen molar-refractivity contribution in [1.29, 1.82) is 0 Å². The van der Waals surface area contributed by atoms with Crippen molar-refractivity contribution >= 4 is 22.5 Å². The lowest BCUT2D eigenvalue weighted by Gasteiger charge is -2.33. The Bertz CT molecular complexity index is 1270. The SMILES string of the molecule is O=C(N1CCS(=O)CC1)N(Cc1ccc(-c2nnc(C(F)F)o2)cc1F)c1cccc(C(F)(F)F)c1. The Morgan fingerprint density at radius 1 is 1.11 bits per heavy atom. The van der Waals surface area contributed by atoms with Gasteiger partial charge in [-0.05, 0) is 30.3 Å². The zero-order valence-electron chi connectivity index (χ0n) is 18.3. The summed E-state index contributed by atoms with van der Waals surface area (Å²) in [5, 5.41) is 6.63. The Morgan fingerprint density at radius 2 is 1.83 bits per heavy atom. The Hall–Kier alpha value is -3.42. The van der Waals surface area contributed by atoms with Crippen molar-refractivity contribution in [3.63, 3.8) is 0 Å². The van der Waals surface area contributed by atoms with Gasteiger partial charge in [-0.3, -0.25) is 9.11 Å². The van der Waals surface area contributed by atoms with Crippen LogP contribution in [0.5, 0.6) is 0 Å². The maximum Gasteiger partial charge on any atom is 0.416 e. The molecule has 1 aliphatic rings. The summed E-state index contributed by atoms with van der Waals surface area (Å²) in [6.07, 6.45) is -7.67. The van der Waals surface area contributed by atoms with Gasteiger partial charge in [0.1, 0.15) is 5.82 Å². The van der Waals surface area contributed by atoms with Gasteiger partial charge in [0.15, 0.2) is 0 Å². The highest BCUT2D eigenvalue weighted by molar-refractivity contribution is 7.85. The molecule has 0 aliphatic carbocycles. The number of anilines is 1. The van der Waals surface area contributed by atoms with E-state index in [9.17, 15) is 35.3 Å². The van der Waals surface area contributed by atoms with Crippen LogP contribution in [-0.2, 0) is 23.5 Å². The topological polar surface area (TPSA) is 79.5 Å². The molecular formula is C22H18F6N4O3S. The van der Waals surface area contributed by atoms with E-state index in [0.717, 1.165) is 29.2 Å². The van der Waals surface area contributed by atoms with Crippen LogP contribution in [0.1, 0.15) is 23.4 Å². The summed E-state index contributed by atoms with van der Waals surface area (Å²) in [6.45, 7) is -0.171. The minimum atomic E-state index is -4.67. The summed E-state index contributed by atoms with van der Waals surface area (Å²) in [5.74, 6) is -1.71. The molecule has 0 radical (unpaired) electrons. The number of benzene rings is 2. The highest BCUT2D eigenvalue weighted by atomic mass is 32.2. The van der Waals surface area contributed by atoms with Gasteiger partial charge in [0.2, 0.25) is 5.89 Å². The summed E-state index contributed by atoms with van der Waals surface area (Å²) < 4.78 is 96.8. The zero-order valence-corrected chi connectivity index (χ0v) is 19.2. The molecule has 36 heavy (non-hydrogen) atoms. The second-order valence-electron chi connectivity index (χ2n) is 7.80. The molecule has 0 atom stereocenters. The minimum Gasteiger partial charge on any atom is -0.415 e. The smallest absolute Gasteiger partial charge is 0.415 e. The first-order valence-corrected chi connectivity index (χ1v) is 12.0. The maximum absolute atomic E-state index is 15.0. The van der Waals surface area contributed by atoms with E-state index in [1.54, 1.807) is 0 Å². The average molecular weight is 532 g/mol. The first kappa shape index (κ1) is 25.7. The van der Waals surface area contributed by atoms with Gasteiger partial charge in [-0.15, -0.1) is 10.2 Å². The van der Waals surface area contributed by atoms with Gasteiger partial charge in [0.25, 0.3) is 5.89 Å². The quantitative estimate of drug-likeness (QED) is 0.431. The van der Waals surface area contributed by atoms with Gasteiger partial charge in [-0.2, -0.15) is 22.0 Å². The van der Waals surface area contributed by atoms with Crippen molar-refractivity contribution in [2.75, 3.05) is 29.5 Å². The molecule has 192 valence electrons. The number of carbonyl (C=O) groups is 1. The number of nitrogens with zero attached hydrogens (tertiary/aromatic N) is 4. The van der Waals surface area contributed by atoms with Gasteiger partial charge < -0.3 is 9.32 Å². The fraction of sp³-hybridized carbons (Fsp3) is 0.318.